The Morgan fingerprint density at radius 1 is 0.702 bits per heavy atom. The van der Waals surface area contributed by atoms with Gasteiger partial charge in [-0.2, -0.15) is 0 Å². The molecule has 5 aromatic rings. The molecule has 0 saturated carbocycles. The minimum absolute atomic E-state index is 0.00417. The quantitative estimate of drug-likeness (QED) is 0.159. The minimum Gasteiger partial charge on any atom is -0.444 e. The Morgan fingerprint density at radius 2 is 1.23 bits per heavy atom. The Morgan fingerprint density at radius 3 is 1.81 bits per heavy atom. The lowest BCUT2D eigenvalue weighted by molar-refractivity contribution is -0.001000. The summed E-state index contributed by atoms with van der Waals surface area (Å²) in [5, 5.41) is 1.98. The highest BCUT2D eigenvalue weighted by molar-refractivity contribution is 8.00. The monoisotopic (exact) mass is 642 g/mol. The molecule has 0 N–H and O–H groups in total. The van der Waals surface area contributed by atoms with Crippen molar-refractivity contribution in [2.75, 3.05) is 25.4 Å². The topological polar surface area (TPSA) is 49.9 Å². The molecule has 240 valence electrons. The van der Waals surface area contributed by atoms with E-state index in [4.69, 9.17) is 4.74 Å². The van der Waals surface area contributed by atoms with Gasteiger partial charge in [-0.15, -0.1) is 11.8 Å². The minimum atomic E-state index is -0.616. The van der Waals surface area contributed by atoms with Crippen molar-refractivity contribution < 1.29 is 14.3 Å². The number of hydrogen-bond donors (Lipinski definition) is 0. The Bertz CT molecular complexity index is 1700. The summed E-state index contributed by atoms with van der Waals surface area (Å²) < 4.78 is 5.41. The van der Waals surface area contributed by atoms with Crippen LogP contribution in [0.5, 0.6) is 0 Å². The van der Waals surface area contributed by atoms with Gasteiger partial charge in [-0.3, -0.25) is 4.79 Å². The molecule has 5 aromatic carbocycles. The van der Waals surface area contributed by atoms with Gasteiger partial charge < -0.3 is 14.5 Å². The van der Waals surface area contributed by atoms with Crippen LogP contribution in [0.2, 0.25) is 0 Å². The number of benzene rings is 5. The Hall–Kier alpha value is -4.55. The van der Waals surface area contributed by atoms with E-state index >= 15 is 0 Å². The Labute approximate surface area is 282 Å². The average Bonchev–Trinajstić information content (AvgIpc) is 3.10. The molecule has 1 aliphatic heterocycles. The summed E-state index contributed by atoms with van der Waals surface area (Å²) in [6.45, 7) is 6.99. The Balaban J connectivity index is 1.31. The van der Waals surface area contributed by atoms with Crippen LogP contribution in [0, 0.1) is 0 Å². The van der Waals surface area contributed by atoms with Gasteiger partial charge in [-0.05, 0) is 66.5 Å². The molecule has 0 bridgehead atoms. The van der Waals surface area contributed by atoms with Crippen molar-refractivity contribution in [3.8, 4) is 0 Å². The molecule has 1 atom stereocenters. The second-order valence-corrected chi connectivity index (χ2v) is 14.3. The largest absolute Gasteiger partial charge is 0.444 e. The van der Waals surface area contributed by atoms with E-state index in [1.54, 1.807) is 0 Å². The van der Waals surface area contributed by atoms with Gasteiger partial charge in [-0.1, -0.05) is 127 Å². The van der Waals surface area contributed by atoms with E-state index in [-0.39, 0.29) is 18.0 Å². The number of rotatable bonds is 8. The third-order valence-corrected chi connectivity index (χ3v) is 10.3. The number of piperazine rings is 1. The third kappa shape index (κ3) is 7.08. The first-order valence-corrected chi connectivity index (χ1v) is 17.3. The van der Waals surface area contributed by atoms with Crippen molar-refractivity contribution in [3.63, 3.8) is 0 Å². The SMILES string of the molecule is CC(C)(C)OC(=O)N1CCN(C(=O)c2cccc3ccccc23)C[C@@H]1CCSC(c1ccccc1)(c1ccccc1)c1ccccc1. The van der Waals surface area contributed by atoms with Gasteiger partial charge in [0.2, 0.25) is 0 Å². The normalized spacial score (nSPS) is 15.4. The molecule has 1 fully saturated rings. The molecule has 5 nitrogen and oxygen atoms in total. The fourth-order valence-corrected chi connectivity index (χ4v) is 8.15. The second-order valence-electron chi connectivity index (χ2n) is 13.0. The molecule has 0 radical (unpaired) electrons. The first-order valence-electron chi connectivity index (χ1n) is 16.3. The number of thioether (sulfide) groups is 1. The lowest BCUT2D eigenvalue weighted by atomic mass is 9.84. The lowest BCUT2D eigenvalue weighted by Crippen LogP contribution is -2.57. The van der Waals surface area contributed by atoms with Gasteiger partial charge in [0, 0.05) is 25.2 Å². The van der Waals surface area contributed by atoms with E-state index in [9.17, 15) is 9.59 Å². The number of hydrogen-bond acceptors (Lipinski definition) is 4. The zero-order valence-corrected chi connectivity index (χ0v) is 28.2. The van der Waals surface area contributed by atoms with Gasteiger partial charge in [-0.25, -0.2) is 4.79 Å². The van der Waals surface area contributed by atoms with Crippen LogP contribution < -0.4 is 0 Å². The Kier molecular flexibility index (Phi) is 9.69. The molecular weight excluding hydrogens is 601 g/mol. The van der Waals surface area contributed by atoms with E-state index in [0.717, 1.165) is 16.5 Å². The summed E-state index contributed by atoms with van der Waals surface area (Å²) in [5.41, 5.74) is 3.67. The summed E-state index contributed by atoms with van der Waals surface area (Å²) in [6, 6.07) is 45.6. The van der Waals surface area contributed by atoms with Crippen LogP contribution in [-0.2, 0) is 9.48 Å². The van der Waals surface area contributed by atoms with Crippen LogP contribution in [0.25, 0.3) is 10.8 Å². The standard InChI is InChI=1S/C41H42N2O3S/c1-40(2,3)46-39(45)43-28-27-42(38(44)37-25-15-17-31-16-13-14-24-36(31)37)30-35(43)26-29-47-41(32-18-7-4-8-19-32,33-20-9-5-10-21-33)34-22-11-6-12-23-34/h4-25,35H,26-30H2,1-3H3/t35-/m0/s1. The molecule has 0 aromatic heterocycles. The summed E-state index contributed by atoms with van der Waals surface area (Å²) >= 11 is 1.87. The molecule has 0 aliphatic carbocycles. The molecule has 0 spiro atoms. The zero-order valence-electron chi connectivity index (χ0n) is 27.3. The first kappa shape index (κ1) is 32.4. The van der Waals surface area contributed by atoms with Crippen molar-refractivity contribution in [2.24, 2.45) is 0 Å². The maximum Gasteiger partial charge on any atom is 0.410 e. The van der Waals surface area contributed by atoms with Crippen LogP contribution in [0.3, 0.4) is 0 Å². The highest BCUT2D eigenvalue weighted by Crippen LogP contribution is 2.48. The number of fused-ring (bicyclic) bond motifs is 1. The maximum atomic E-state index is 14.0. The van der Waals surface area contributed by atoms with Crippen molar-refractivity contribution in [1.82, 2.24) is 9.80 Å². The molecule has 0 unspecified atom stereocenters. The van der Waals surface area contributed by atoms with Crippen molar-refractivity contribution in [2.45, 2.75) is 43.6 Å². The number of ether oxygens (including phenoxy) is 1. The van der Waals surface area contributed by atoms with Gasteiger partial charge in [0.05, 0.1) is 10.8 Å². The fraction of sp³-hybridized carbons (Fsp3) is 0.268. The average molecular weight is 643 g/mol. The number of amides is 2. The van der Waals surface area contributed by atoms with E-state index < -0.39 is 10.3 Å². The smallest absolute Gasteiger partial charge is 0.410 e. The van der Waals surface area contributed by atoms with E-state index in [0.29, 0.717) is 31.6 Å². The van der Waals surface area contributed by atoms with E-state index in [1.807, 2.05) is 84.8 Å². The van der Waals surface area contributed by atoms with Crippen molar-refractivity contribution in [1.29, 1.82) is 0 Å². The number of nitrogens with zero attached hydrogens (tertiary/aromatic N) is 2. The molecule has 6 heteroatoms. The highest BCUT2D eigenvalue weighted by atomic mass is 32.2. The zero-order chi connectivity index (χ0) is 32.9. The van der Waals surface area contributed by atoms with Crippen LogP contribution in [0.15, 0.2) is 133 Å². The number of carbonyl (C=O) groups is 2. The van der Waals surface area contributed by atoms with Crippen LogP contribution >= 0.6 is 11.8 Å². The summed E-state index contributed by atoms with van der Waals surface area (Å²) in [7, 11) is 0. The van der Waals surface area contributed by atoms with Crippen LogP contribution in [0.1, 0.15) is 54.2 Å². The third-order valence-electron chi connectivity index (χ3n) is 8.73. The maximum absolute atomic E-state index is 14.0. The summed E-state index contributed by atoms with van der Waals surface area (Å²) in [4.78, 5) is 31.4. The number of carbonyl (C=O) groups excluding carboxylic acids is 2. The van der Waals surface area contributed by atoms with Gasteiger partial charge in [0.1, 0.15) is 5.60 Å². The van der Waals surface area contributed by atoms with Gasteiger partial charge >= 0.3 is 6.09 Å². The van der Waals surface area contributed by atoms with E-state index in [2.05, 4.69) is 91.0 Å². The van der Waals surface area contributed by atoms with Gasteiger partial charge in [0.15, 0.2) is 0 Å². The highest BCUT2D eigenvalue weighted by Gasteiger charge is 2.39. The van der Waals surface area contributed by atoms with E-state index in [1.165, 1.54) is 16.7 Å². The molecular formula is C41H42N2O3S. The molecule has 1 aliphatic rings. The van der Waals surface area contributed by atoms with Crippen molar-refractivity contribution in [3.05, 3.63) is 156 Å². The lowest BCUT2D eigenvalue weighted by Gasteiger charge is -2.42. The van der Waals surface area contributed by atoms with Crippen LogP contribution in [-0.4, -0.2) is 58.8 Å². The van der Waals surface area contributed by atoms with Crippen LogP contribution in [0.4, 0.5) is 4.79 Å². The van der Waals surface area contributed by atoms with Crippen molar-refractivity contribution >= 4 is 34.5 Å². The molecule has 2 amide bonds. The predicted molar refractivity (Wildman–Crippen MR) is 193 cm³/mol. The second kappa shape index (κ2) is 14.1. The van der Waals surface area contributed by atoms with Gasteiger partial charge in [0.25, 0.3) is 5.91 Å². The molecule has 1 saturated heterocycles. The molecule has 1 heterocycles. The summed E-state index contributed by atoms with van der Waals surface area (Å²) in [6.07, 6.45) is 0.363. The first-order chi connectivity index (χ1) is 22.8. The molecule has 47 heavy (non-hydrogen) atoms. The fourth-order valence-electron chi connectivity index (χ4n) is 6.55. The summed E-state index contributed by atoms with van der Waals surface area (Å²) in [5.74, 6) is 0.745. The predicted octanol–water partition coefficient (Wildman–Crippen LogP) is 9.02. The molecule has 6 rings (SSSR count).